The van der Waals surface area contributed by atoms with Crippen molar-refractivity contribution < 1.29 is 28.6 Å². The van der Waals surface area contributed by atoms with E-state index in [1.807, 2.05) is 0 Å². The highest BCUT2D eigenvalue weighted by molar-refractivity contribution is 9.09. The summed E-state index contributed by atoms with van der Waals surface area (Å²) in [4.78, 5) is 34.4. The molecule has 0 saturated heterocycles. The zero-order chi connectivity index (χ0) is 18.0. The maximum atomic E-state index is 12.0. The van der Waals surface area contributed by atoms with Crippen molar-refractivity contribution in [2.24, 2.45) is 5.41 Å². The van der Waals surface area contributed by atoms with Crippen molar-refractivity contribution in [1.29, 1.82) is 0 Å². The summed E-state index contributed by atoms with van der Waals surface area (Å²) < 4.78 is 15.0. The van der Waals surface area contributed by atoms with E-state index in [2.05, 4.69) is 20.7 Å². The molecule has 6 nitrogen and oxygen atoms in total. The number of ether oxygens (including phenoxy) is 3. The summed E-state index contributed by atoms with van der Waals surface area (Å²) in [7, 11) is 1.31. The van der Waals surface area contributed by atoms with Gasteiger partial charge >= 0.3 is 17.9 Å². The molecule has 0 saturated carbocycles. The molecule has 0 aliphatic carbocycles. The van der Waals surface area contributed by atoms with Crippen LogP contribution in [0.1, 0.15) is 40.5 Å². The molecule has 0 aromatic carbocycles. The third-order valence-electron chi connectivity index (χ3n) is 2.83. The van der Waals surface area contributed by atoms with Crippen molar-refractivity contribution in [3.8, 4) is 0 Å². The average Bonchev–Trinajstić information content (AvgIpc) is 2.46. The molecular formula is C16H25BrO6. The summed E-state index contributed by atoms with van der Waals surface area (Å²) in [6.45, 7) is 6.53. The molecule has 0 aliphatic rings. The molecular weight excluding hydrogens is 368 g/mol. The Morgan fingerprint density at radius 2 is 1.83 bits per heavy atom. The number of carbonyl (C=O) groups excluding carboxylic acids is 3. The van der Waals surface area contributed by atoms with Gasteiger partial charge in [-0.2, -0.15) is 0 Å². The molecule has 132 valence electrons. The summed E-state index contributed by atoms with van der Waals surface area (Å²) >= 11 is 3.22. The second-order valence-electron chi connectivity index (χ2n) is 6.01. The molecule has 7 heteroatoms. The molecule has 0 aliphatic heterocycles. The predicted molar refractivity (Wildman–Crippen MR) is 89.1 cm³/mol. The number of alkyl halides is 1. The minimum absolute atomic E-state index is 0.00708. The van der Waals surface area contributed by atoms with Crippen molar-refractivity contribution in [1.82, 2.24) is 0 Å². The third-order valence-corrected chi connectivity index (χ3v) is 3.43. The fourth-order valence-corrected chi connectivity index (χ4v) is 1.94. The summed E-state index contributed by atoms with van der Waals surface area (Å²) in [5, 5.41) is 0.371. The van der Waals surface area contributed by atoms with Crippen LogP contribution in [-0.4, -0.2) is 43.1 Å². The molecule has 0 N–H and O–H groups in total. The van der Waals surface area contributed by atoms with Crippen molar-refractivity contribution in [2.45, 2.75) is 46.6 Å². The van der Waals surface area contributed by atoms with Crippen LogP contribution in [0.4, 0.5) is 0 Å². The second-order valence-corrected chi connectivity index (χ2v) is 6.57. The van der Waals surface area contributed by atoms with Gasteiger partial charge in [-0.1, -0.05) is 22.0 Å². The molecule has 0 amide bonds. The highest BCUT2D eigenvalue weighted by atomic mass is 79.9. The average molecular weight is 393 g/mol. The lowest BCUT2D eigenvalue weighted by Crippen LogP contribution is -2.31. The first-order chi connectivity index (χ1) is 10.6. The van der Waals surface area contributed by atoms with E-state index in [1.165, 1.54) is 14.0 Å². The lowest BCUT2D eigenvalue weighted by atomic mass is 9.97. The van der Waals surface area contributed by atoms with E-state index in [1.54, 1.807) is 26.8 Å². The number of methoxy groups -OCH3 is 1. The van der Waals surface area contributed by atoms with Crippen LogP contribution in [0.2, 0.25) is 0 Å². The largest absolute Gasteiger partial charge is 0.466 e. The smallest absolute Gasteiger partial charge is 0.334 e. The van der Waals surface area contributed by atoms with Gasteiger partial charge in [0.2, 0.25) is 0 Å². The Bertz CT molecular complexity index is 450. The van der Waals surface area contributed by atoms with E-state index in [-0.39, 0.29) is 12.6 Å². The Labute approximate surface area is 145 Å². The van der Waals surface area contributed by atoms with Gasteiger partial charge in [-0.3, -0.25) is 9.59 Å². The standard InChI is InChI=1S/C16H25BrO6/c1-11(18)22-10-13(23-15(20)16(2,3)4)8-6-7-12(9-17)14(19)21-5/h7,13H,6,8-10H2,1-5H3/b12-7+. The number of halogens is 1. The van der Waals surface area contributed by atoms with Gasteiger partial charge in [-0.15, -0.1) is 0 Å². The van der Waals surface area contributed by atoms with Crippen LogP contribution in [-0.2, 0) is 28.6 Å². The Kier molecular flexibility index (Phi) is 9.79. The molecule has 23 heavy (non-hydrogen) atoms. The first kappa shape index (κ1) is 21.6. The number of hydrogen-bond acceptors (Lipinski definition) is 6. The molecule has 0 rings (SSSR count). The zero-order valence-corrected chi connectivity index (χ0v) is 15.9. The van der Waals surface area contributed by atoms with Gasteiger partial charge in [-0.05, 0) is 33.6 Å². The van der Waals surface area contributed by atoms with E-state index < -0.39 is 23.5 Å². The minimum Gasteiger partial charge on any atom is -0.466 e. The molecule has 0 aromatic heterocycles. The van der Waals surface area contributed by atoms with Crippen LogP contribution in [0.5, 0.6) is 0 Å². The Morgan fingerprint density at radius 1 is 1.22 bits per heavy atom. The molecule has 1 unspecified atom stereocenters. The highest BCUT2D eigenvalue weighted by Gasteiger charge is 2.26. The third kappa shape index (κ3) is 9.38. The molecule has 1 atom stereocenters. The number of allylic oxidation sites excluding steroid dienone is 1. The first-order valence-electron chi connectivity index (χ1n) is 7.29. The summed E-state index contributed by atoms with van der Waals surface area (Å²) in [5.41, 5.74) is -0.155. The van der Waals surface area contributed by atoms with Crippen LogP contribution in [0, 0.1) is 5.41 Å². The molecule has 0 radical (unpaired) electrons. The van der Waals surface area contributed by atoms with Crippen molar-refractivity contribution in [3.63, 3.8) is 0 Å². The number of hydrogen-bond donors (Lipinski definition) is 0. The molecule has 0 heterocycles. The first-order valence-corrected chi connectivity index (χ1v) is 8.41. The summed E-state index contributed by atoms with van der Waals surface area (Å²) in [5.74, 6) is -1.22. The quantitative estimate of drug-likeness (QED) is 0.273. The van der Waals surface area contributed by atoms with Crippen LogP contribution < -0.4 is 0 Å². The van der Waals surface area contributed by atoms with Crippen LogP contribution in [0.15, 0.2) is 11.6 Å². The van der Waals surface area contributed by atoms with Gasteiger partial charge in [0.1, 0.15) is 12.7 Å². The Morgan fingerprint density at radius 3 is 2.26 bits per heavy atom. The fourth-order valence-electron chi connectivity index (χ4n) is 1.48. The number of carbonyl (C=O) groups is 3. The van der Waals surface area contributed by atoms with Crippen molar-refractivity contribution >= 4 is 33.8 Å². The van der Waals surface area contributed by atoms with Gasteiger partial charge in [-0.25, -0.2) is 4.79 Å². The predicted octanol–water partition coefficient (Wildman–Crippen LogP) is 2.78. The van der Waals surface area contributed by atoms with Crippen LogP contribution in [0.3, 0.4) is 0 Å². The van der Waals surface area contributed by atoms with Crippen LogP contribution in [0.25, 0.3) is 0 Å². The Hall–Kier alpha value is -1.37. The van der Waals surface area contributed by atoms with E-state index in [4.69, 9.17) is 9.47 Å². The zero-order valence-electron chi connectivity index (χ0n) is 14.3. The fraction of sp³-hybridized carbons (Fsp3) is 0.688. The van der Waals surface area contributed by atoms with Gasteiger partial charge < -0.3 is 14.2 Å². The topological polar surface area (TPSA) is 78.9 Å². The molecule has 0 bridgehead atoms. The second kappa shape index (κ2) is 10.4. The maximum Gasteiger partial charge on any atom is 0.334 e. The summed E-state index contributed by atoms with van der Waals surface area (Å²) in [6.07, 6.45) is 2.07. The highest BCUT2D eigenvalue weighted by Crippen LogP contribution is 2.18. The minimum atomic E-state index is -0.642. The van der Waals surface area contributed by atoms with E-state index in [0.29, 0.717) is 23.7 Å². The van der Waals surface area contributed by atoms with E-state index >= 15 is 0 Å². The Balaban J connectivity index is 4.75. The molecule has 0 fully saturated rings. The van der Waals surface area contributed by atoms with E-state index in [0.717, 1.165) is 0 Å². The molecule has 0 aromatic rings. The van der Waals surface area contributed by atoms with Gasteiger partial charge in [0, 0.05) is 17.8 Å². The van der Waals surface area contributed by atoms with Gasteiger partial charge in [0.05, 0.1) is 12.5 Å². The number of esters is 3. The van der Waals surface area contributed by atoms with Gasteiger partial charge in [0.25, 0.3) is 0 Å². The molecule has 0 spiro atoms. The lowest BCUT2D eigenvalue weighted by molar-refractivity contribution is -0.165. The van der Waals surface area contributed by atoms with Crippen LogP contribution >= 0.6 is 15.9 Å². The SMILES string of the molecule is COC(=O)/C(=C/CCC(COC(C)=O)OC(=O)C(C)(C)C)CBr. The van der Waals surface area contributed by atoms with Crippen molar-refractivity contribution in [3.05, 3.63) is 11.6 Å². The normalized spacial score (nSPS) is 13.2. The summed E-state index contributed by atoms with van der Waals surface area (Å²) in [6, 6.07) is 0. The number of rotatable bonds is 8. The van der Waals surface area contributed by atoms with E-state index in [9.17, 15) is 14.4 Å². The maximum absolute atomic E-state index is 12.0. The van der Waals surface area contributed by atoms with Crippen molar-refractivity contribution in [2.75, 3.05) is 19.0 Å². The van der Waals surface area contributed by atoms with Gasteiger partial charge in [0.15, 0.2) is 0 Å². The monoisotopic (exact) mass is 392 g/mol. The lowest BCUT2D eigenvalue weighted by Gasteiger charge is -2.23.